The Labute approximate surface area is 113 Å². The van der Waals surface area contributed by atoms with Gasteiger partial charge in [0, 0.05) is 22.0 Å². The number of benzene rings is 1. The van der Waals surface area contributed by atoms with Crippen LogP contribution in [0.5, 0.6) is 0 Å². The van der Waals surface area contributed by atoms with Gasteiger partial charge in [0.1, 0.15) is 0 Å². The molecule has 0 radical (unpaired) electrons. The van der Waals surface area contributed by atoms with Crippen LogP contribution in [0.2, 0.25) is 0 Å². The Morgan fingerprint density at radius 2 is 1.89 bits per heavy atom. The molecule has 2 heteroatoms. The van der Waals surface area contributed by atoms with Gasteiger partial charge in [0.05, 0.1) is 0 Å². The fourth-order valence-electron chi connectivity index (χ4n) is 3.19. The minimum Gasteiger partial charge on any atom is -0.294 e. The number of rotatable bonds is 3. The van der Waals surface area contributed by atoms with Gasteiger partial charge in [-0.1, -0.05) is 36.9 Å². The van der Waals surface area contributed by atoms with E-state index in [-0.39, 0.29) is 5.92 Å². The van der Waals surface area contributed by atoms with Crippen molar-refractivity contribution in [2.45, 2.75) is 36.2 Å². The minimum atomic E-state index is 0.241. The molecule has 0 amide bonds. The zero-order chi connectivity index (χ0) is 12.5. The molecule has 2 bridgehead atoms. The molecule has 1 nitrogen and oxygen atoms in total. The molecule has 94 valence electrons. The average molecular weight is 258 g/mol. The highest BCUT2D eigenvalue weighted by molar-refractivity contribution is 8.00. The van der Waals surface area contributed by atoms with E-state index >= 15 is 0 Å². The Balaban J connectivity index is 1.84. The molecular formula is C16H18OS. The normalized spacial score (nSPS) is 30.1. The molecule has 3 rings (SSSR count). The van der Waals surface area contributed by atoms with Crippen LogP contribution in [0.15, 0.2) is 30.8 Å². The number of carbonyl (C=O) groups excluding carboxylic acids is 1. The van der Waals surface area contributed by atoms with Gasteiger partial charge in [-0.25, -0.2) is 0 Å². The van der Waals surface area contributed by atoms with Crippen molar-refractivity contribution >= 4 is 23.6 Å². The second-order valence-corrected chi connectivity index (χ2v) is 6.89. The van der Waals surface area contributed by atoms with Crippen molar-refractivity contribution in [2.75, 3.05) is 0 Å². The third-order valence-corrected chi connectivity index (χ3v) is 5.73. The molecule has 0 N–H and O–H groups in total. The average Bonchev–Trinajstić information content (AvgIpc) is 2.76. The van der Waals surface area contributed by atoms with Crippen LogP contribution in [0, 0.1) is 5.92 Å². The molecule has 2 atom stereocenters. The lowest BCUT2D eigenvalue weighted by Crippen LogP contribution is -2.25. The van der Waals surface area contributed by atoms with E-state index in [1.165, 1.54) is 12.8 Å². The van der Waals surface area contributed by atoms with Crippen LogP contribution in [-0.4, -0.2) is 16.3 Å². The van der Waals surface area contributed by atoms with E-state index in [0.717, 1.165) is 34.5 Å². The van der Waals surface area contributed by atoms with Crippen molar-refractivity contribution in [1.29, 1.82) is 0 Å². The molecule has 1 aromatic rings. The number of ketones is 1. The van der Waals surface area contributed by atoms with E-state index in [1.54, 1.807) is 6.08 Å². The predicted molar refractivity (Wildman–Crippen MR) is 78.0 cm³/mol. The first-order chi connectivity index (χ1) is 8.78. The number of hydrogen-bond acceptors (Lipinski definition) is 2. The van der Waals surface area contributed by atoms with Crippen LogP contribution in [0.25, 0.3) is 6.08 Å². The Kier molecular flexibility index (Phi) is 3.29. The molecule has 1 aromatic carbocycles. The summed E-state index contributed by atoms with van der Waals surface area (Å²) >= 11 is 2.11. The first kappa shape index (κ1) is 12.0. The van der Waals surface area contributed by atoms with Gasteiger partial charge in [-0.05, 0) is 31.2 Å². The molecule has 0 aliphatic carbocycles. The lowest BCUT2D eigenvalue weighted by molar-refractivity contribution is 0.0906. The standard InChI is InChI=1S/C16H18OS/c1-2-11-5-3-4-6-15(11)16(17)12-9-13-7-8-14(10-12)18-13/h2-6,12-14H,1,7-10H2. The quantitative estimate of drug-likeness (QED) is 0.756. The zero-order valence-corrected chi connectivity index (χ0v) is 11.3. The van der Waals surface area contributed by atoms with E-state index in [9.17, 15) is 4.79 Å². The second-order valence-electron chi connectivity index (χ2n) is 5.28. The van der Waals surface area contributed by atoms with Gasteiger partial charge < -0.3 is 0 Å². The van der Waals surface area contributed by atoms with Crippen LogP contribution < -0.4 is 0 Å². The monoisotopic (exact) mass is 258 g/mol. The van der Waals surface area contributed by atoms with Crippen LogP contribution >= 0.6 is 11.8 Å². The highest BCUT2D eigenvalue weighted by atomic mass is 32.2. The fourth-order valence-corrected chi connectivity index (χ4v) is 4.97. The number of carbonyl (C=O) groups is 1. The van der Waals surface area contributed by atoms with Gasteiger partial charge in [0.15, 0.2) is 5.78 Å². The smallest absolute Gasteiger partial charge is 0.166 e. The van der Waals surface area contributed by atoms with Gasteiger partial charge in [0.25, 0.3) is 0 Å². The molecule has 2 aliphatic rings. The predicted octanol–water partition coefficient (Wildman–Crippen LogP) is 4.19. The van der Waals surface area contributed by atoms with Crippen molar-refractivity contribution in [3.05, 3.63) is 42.0 Å². The Hall–Kier alpha value is -1.02. The van der Waals surface area contributed by atoms with Crippen LogP contribution in [0.1, 0.15) is 41.6 Å². The summed E-state index contributed by atoms with van der Waals surface area (Å²) in [5, 5.41) is 1.46. The summed E-state index contributed by atoms with van der Waals surface area (Å²) < 4.78 is 0. The molecule has 2 unspecified atom stereocenters. The summed E-state index contributed by atoms with van der Waals surface area (Å²) in [4.78, 5) is 12.6. The maximum Gasteiger partial charge on any atom is 0.166 e. The SMILES string of the molecule is C=Cc1ccccc1C(=O)C1CC2CCC(C1)S2. The van der Waals surface area contributed by atoms with Gasteiger partial charge in [-0.3, -0.25) is 4.79 Å². The third-order valence-electron chi connectivity index (χ3n) is 4.11. The Morgan fingerprint density at radius 1 is 1.22 bits per heavy atom. The van der Waals surface area contributed by atoms with Gasteiger partial charge >= 0.3 is 0 Å². The van der Waals surface area contributed by atoms with E-state index in [4.69, 9.17) is 0 Å². The maximum absolute atomic E-state index is 12.6. The summed E-state index contributed by atoms with van der Waals surface area (Å²) in [7, 11) is 0. The molecule has 18 heavy (non-hydrogen) atoms. The third kappa shape index (κ3) is 2.14. The van der Waals surface area contributed by atoms with E-state index < -0.39 is 0 Å². The highest BCUT2D eigenvalue weighted by Crippen LogP contribution is 2.46. The molecular weight excluding hydrogens is 240 g/mol. The number of Topliss-reactive ketones (excluding diaryl/α,β-unsaturated/α-hetero) is 1. The van der Waals surface area contributed by atoms with Gasteiger partial charge in [0.2, 0.25) is 0 Å². The molecule has 2 heterocycles. The number of fused-ring (bicyclic) bond motifs is 2. The van der Waals surface area contributed by atoms with Crippen molar-refractivity contribution in [3.8, 4) is 0 Å². The van der Waals surface area contributed by atoms with Crippen LogP contribution in [0.3, 0.4) is 0 Å². The Morgan fingerprint density at radius 3 is 2.56 bits per heavy atom. The first-order valence-corrected chi connectivity index (χ1v) is 7.63. The largest absolute Gasteiger partial charge is 0.294 e. The highest BCUT2D eigenvalue weighted by Gasteiger charge is 2.38. The summed E-state index contributed by atoms with van der Waals surface area (Å²) in [6, 6.07) is 7.84. The first-order valence-electron chi connectivity index (χ1n) is 6.69. The molecule has 0 saturated carbocycles. The van der Waals surface area contributed by atoms with E-state index in [0.29, 0.717) is 5.78 Å². The number of hydrogen-bond donors (Lipinski definition) is 0. The van der Waals surface area contributed by atoms with Crippen LogP contribution in [0.4, 0.5) is 0 Å². The lowest BCUT2D eigenvalue weighted by atomic mass is 9.88. The van der Waals surface area contributed by atoms with Crippen molar-refractivity contribution in [3.63, 3.8) is 0 Å². The van der Waals surface area contributed by atoms with E-state index in [1.807, 2.05) is 24.3 Å². The van der Waals surface area contributed by atoms with Crippen molar-refractivity contribution < 1.29 is 4.79 Å². The topological polar surface area (TPSA) is 17.1 Å². The zero-order valence-electron chi connectivity index (χ0n) is 10.5. The molecule has 2 saturated heterocycles. The fraction of sp³-hybridized carbons (Fsp3) is 0.438. The molecule has 0 aromatic heterocycles. The van der Waals surface area contributed by atoms with Crippen molar-refractivity contribution in [2.24, 2.45) is 5.92 Å². The van der Waals surface area contributed by atoms with Crippen molar-refractivity contribution in [1.82, 2.24) is 0 Å². The molecule has 2 aliphatic heterocycles. The van der Waals surface area contributed by atoms with Gasteiger partial charge in [-0.15, -0.1) is 0 Å². The second kappa shape index (κ2) is 4.93. The Bertz CT molecular complexity index is 468. The summed E-state index contributed by atoms with van der Waals surface area (Å²) in [6.07, 6.45) is 6.56. The van der Waals surface area contributed by atoms with E-state index in [2.05, 4.69) is 18.3 Å². The minimum absolute atomic E-state index is 0.241. The van der Waals surface area contributed by atoms with Crippen LogP contribution in [-0.2, 0) is 0 Å². The maximum atomic E-state index is 12.6. The lowest BCUT2D eigenvalue weighted by Gasteiger charge is -2.26. The summed E-state index contributed by atoms with van der Waals surface area (Å²) in [5.41, 5.74) is 1.84. The summed E-state index contributed by atoms with van der Waals surface area (Å²) in [5.74, 6) is 0.576. The molecule has 0 spiro atoms. The van der Waals surface area contributed by atoms with Gasteiger partial charge in [-0.2, -0.15) is 11.8 Å². The molecule has 2 fully saturated rings. The summed E-state index contributed by atoms with van der Waals surface area (Å²) in [6.45, 7) is 3.81. The number of thioether (sulfide) groups is 1.